The van der Waals surface area contributed by atoms with Gasteiger partial charge in [-0.1, -0.05) is 17.6 Å². The number of nitrogens with zero attached hydrogens (tertiary/aromatic N) is 4. The van der Waals surface area contributed by atoms with Gasteiger partial charge in [0, 0.05) is 30.8 Å². The van der Waals surface area contributed by atoms with Gasteiger partial charge >= 0.3 is 0 Å². The molecular weight excluding hydrogens is 322 g/mol. The van der Waals surface area contributed by atoms with Crippen LogP contribution >= 0.6 is 0 Å². The Morgan fingerprint density at radius 2 is 2.00 bits per heavy atom. The SMILES string of the molecule is Bc1ccc(-c2cc3nc(C=O)cc(N4CCOCC4)n3n2)c(F)c1. The highest BCUT2D eigenvalue weighted by molar-refractivity contribution is 6.32. The molecule has 25 heavy (non-hydrogen) atoms. The Morgan fingerprint density at radius 3 is 2.72 bits per heavy atom. The van der Waals surface area contributed by atoms with Crippen LogP contribution < -0.4 is 10.4 Å². The molecule has 0 amide bonds. The summed E-state index contributed by atoms with van der Waals surface area (Å²) in [5.41, 5.74) is 2.59. The van der Waals surface area contributed by atoms with E-state index in [0.29, 0.717) is 55.2 Å². The zero-order valence-corrected chi connectivity index (χ0v) is 13.8. The Labute approximate surface area is 144 Å². The molecule has 2 aromatic heterocycles. The average molecular weight is 338 g/mol. The predicted octanol–water partition coefficient (Wildman–Crippen LogP) is 0.443. The van der Waals surface area contributed by atoms with Gasteiger partial charge in [0.1, 0.15) is 25.2 Å². The van der Waals surface area contributed by atoms with Crippen LogP contribution in [0, 0.1) is 5.82 Å². The van der Waals surface area contributed by atoms with Crippen molar-refractivity contribution in [3.8, 4) is 11.3 Å². The fourth-order valence-electron chi connectivity index (χ4n) is 3.01. The summed E-state index contributed by atoms with van der Waals surface area (Å²) in [6, 6.07) is 8.43. The molecule has 0 aliphatic carbocycles. The lowest BCUT2D eigenvalue weighted by Crippen LogP contribution is -2.37. The van der Waals surface area contributed by atoms with Crippen LogP contribution in [0.5, 0.6) is 0 Å². The van der Waals surface area contributed by atoms with Gasteiger partial charge in [0.05, 0.1) is 18.9 Å². The van der Waals surface area contributed by atoms with Crippen LogP contribution in [0.25, 0.3) is 16.9 Å². The van der Waals surface area contributed by atoms with Gasteiger partial charge in [-0.3, -0.25) is 4.79 Å². The number of halogens is 1. The molecule has 126 valence electrons. The van der Waals surface area contributed by atoms with Gasteiger partial charge in [-0.2, -0.15) is 9.61 Å². The van der Waals surface area contributed by atoms with E-state index in [-0.39, 0.29) is 5.82 Å². The number of benzene rings is 1. The number of ether oxygens (including phenoxy) is 1. The minimum absolute atomic E-state index is 0.324. The summed E-state index contributed by atoms with van der Waals surface area (Å²) in [6.07, 6.45) is 0.711. The Bertz CT molecular complexity index is 953. The first-order valence-electron chi connectivity index (χ1n) is 8.11. The number of hydrogen-bond acceptors (Lipinski definition) is 5. The average Bonchev–Trinajstić information content (AvgIpc) is 3.05. The number of aldehydes is 1. The van der Waals surface area contributed by atoms with E-state index < -0.39 is 0 Å². The van der Waals surface area contributed by atoms with Crippen molar-refractivity contribution in [1.82, 2.24) is 14.6 Å². The predicted molar refractivity (Wildman–Crippen MR) is 95.0 cm³/mol. The molecule has 3 heterocycles. The summed E-state index contributed by atoms with van der Waals surface area (Å²) in [5.74, 6) is 0.432. The van der Waals surface area contributed by atoms with Crippen molar-refractivity contribution in [3.63, 3.8) is 0 Å². The maximum atomic E-state index is 14.3. The molecule has 8 heteroatoms. The number of fused-ring (bicyclic) bond motifs is 1. The largest absolute Gasteiger partial charge is 0.378 e. The van der Waals surface area contributed by atoms with Crippen molar-refractivity contribution in [1.29, 1.82) is 0 Å². The van der Waals surface area contributed by atoms with Crippen molar-refractivity contribution in [2.24, 2.45) is 0 Å². The maximum Gasteiger partial charge on any atom is 0.168 e. The van der Waals surface area contributed by atoms with Gasteiger partial charge in [-0.25, -0.2) is 9.37 Å². The van der Waals surface area contributed by atoms with E-state index in [1.807, 2.05) is 13.9 Å². The lowest BCUT2D eigenvalue weighted by atomic mass is 9.94. The van der Waals surface area contributed by atoms with Crippen molar-refractivity contribution in [2.45, 2.75) is 0 Å². The van der Waals surface area contributed by atoms with Crippen LogP contribution in [0.3, 0.4) is 0 Å². The fraction of sp³-hybridized carbons (Fsp3) is 0.235. The lowest BCUT2D eigenvalue weighted by molar-refractivity contribution is 0.111. The van der Waals surface area contributed by atoms with Gasteiger partial charge in [0.2, 0.25) is 0 Å². The molecule has 1 saturated heterocycles. The maximum absolute atomic E-state index is 14.3. The molecule has 0 unspecified atom stereocenters. The van der Waals surface area contributed by atoms with Gasteiger partial charge in [0.15, 0.2) is 11.9 Å². The third-order valence-electron chi connectivity index (χ3n) is 4.28. The molecule has 0 bridgehead atoms. The zero-order valence-electron chi connectivity index (χ0n) is 13.8. The third kappa shape index (κ3) is 2.89. The van der Waals surface area contributed by atoms with Gasteiger partial charge < -0.3 is 9.64 Å². The van der Waals surface area contributed by atoms with E-state index in [9.17, 15) is 9.18 Å². The Kier molecular flexibility index (Phi) is 3.97. The number of morpholine rings is 1. The van der Waals surface area contributed by atoms with Crippen LogP contribution in [0.15, 0.2) is 30.3 Å². The van der Waals surface area contributed by atoms with Crippen LogP contribution in [-0.4, -0.2) is 55.0 Å². The number of hydrogen-bond donors (Lipinski definition) is 0. The monoisotopic (exact) mass is 338 g/mol. The second-order valence-corrected chi connectivity index (χ2v) is 6.04. The topological polar surface area (TPSA) is 59.7 Å². The van der Waals surface area contributed by atoms with Gasteiger partial charge in [-0.05, 0) is 6.07 Å². The van der Waals surface area contributed by atoms with Crippen LogP contribution in [0.1, 0.15) is 10.5 Å². The van der Waals surface area contributed by atoms with E-state index in [1.54, 1.807) is 22.7 Å². The van der Waals surface area contributed by atoms with E-state index in [0.717, 1.165) is 11.3 Å². The van der Waals surface area contributed by atoms with E-state index in [4.69, 9.17) is 4.74 Å². The van der Waals surface area contributed by atoms with E-state index in [2.05, 4.69) is 15.0 Å². The summed E-state index contributed by atoms with van der Waals surface area (Å²) >= 11 is 0. The molecule has 0 N–H and O–H groups in total. The van der Waals surface area contributed by atoms with E-state index >= 15 is 0 Å². The summed E-state index contributed by atoms with van der Waals surface area (Å²) < 4.78 is 21.4. The molecule has 0 radical (unpaired) electrons. The number of anilines is 1. The third-order valence-corrected chi connectivity index (χ3v) is 4.28. The lowest BCUT2D eigenvalue weighted by Gasteiger charge is -2.28. The first-order chi connectivity index (χ1) is 12.2. The summed E-state index contributed by atoms with van der Waals surface area (Å²) in [4.78, 5) is 17.6. The van der Waals surface area contributed by atoms with Crippen molar-refractivity contribution in [2.75, 3.05) is 31.2 Å². The number of carbonyl (C=O) groups is 1. The molecule has 0 atom stereocenters. The molecule has 1 aliphatic rings. The quantitative estimate of drug-likeness (QED) is 0.512. The number of aromatic nitrogens is 3. The summed E-state index contributed by atoms with van der Waals surface area (Å²) in [5, 5.41) is 4.54. The first kappa shape index (κ1) is 15.8. The molecule has 4 rings (SSSR count). The summed E-state index contributed by atoms with van der Waals surface area (Å²) in [6.45, 7) is 2.62. The molecule has 1 aromatic carbocycles. The smallest absolute Gasteiger partial charge is 0.168 e. The highest BCUT2D eigenvalue weighted by atomic mass is 19.1. The van der Waals surface area contributed by atoms with Crippen LogP contribution in [-0.2, 0) is 4.74 Å². The molecular formula is C17H16BFN4O2. The van der Waals surface area contributed by atoms with Gasteiger partial charge in [-0.15, -0.1) is 0 Å². The van der Waals surface area contributed by atoms with E-state index in [1.165, 1.54) is 6.07 Å². The first-order valence-corrected chi connectivity index (χ1v) is 8.11. The Balaban J connectivity index is 1.87. The fourth-order valence-corrected chi connectivity index (χ4v) is 3.01. The second kappa shape index (κ2) is 6.29. The molecule has 1 aliphatic heterocycles. The van der Waals surface area contributed by atoms with Crippen LogP contribution in [0.4, 0.5) is 10.2 Å². The zero-order chi connectivity index (χ0) is 17.4. The van der Waals surface area contributed by atoms with Crippen molar-refractivity contribution >= 4 is 31.1 Å². The number of rotatable bonds is 3. The van der Waals surface area contributed by atoms with Crippen molar-refractivity contribution < 1.29 is 13.9 Å². The Morgan fingerprint density at radius 1 is 1.20 bits per heavy atom. The minimum atomic E-state index is -0.327. The van der Waals surface area contributed by atoms with Gasteiger partial charge in [0.25, 0.3) is 0 Å². The molecule has 1 fully saturated rings. The number of carbonyl (C=O) groups excluding carboxylic acids is 1. The molecule has 3 aromatic rings. The molecule has 6 nitrogen and oxygen atoms in total. The Hall–Kier alpha value is -2.74. The highest BCUT2D eigenvalue weighted by Crippen LogP contribution is 2.25. The molecule has 0 saturated carbocycles. The standard InChI is InChI=1S/C17H16BFN4O2/c18-11-1-2-13(14(19)7-11)15-9-16-20-12(10-24)8-17(23(16)21-15)22-3-5-25-6-4-22/h1-2,7-10H,3-6,18H2. The van der Waals surface area contributed by atoms with Crippen molar-refractivity contribution in [3.05, 3.63) is 41.8 Å². The minimum Gasteiger partial charge on any atom is -0.378 e. The summed E-state index contributed by atoms with van der Waals surface area (Å²) in [7, 11) is 1.84. The second-order valence-electron chi connectivity index (χ2n) is 6.04. The highest BCUT2D eigenvalue weighted by Gasteiger charge is 2.19. The molecule has 0 spiro atoms. The van der Waals surface area contributed by atoms with Crippen LogP contribution in [0.2, 0.25) is 0 Å². The normalized spacial score (nSPS) is 14.8.